The van der Waals surface area contributed by atoms with Gasteiger partial charge in [0.25, 0.3) is 11.8 Å². The van der Waals surface area contributed by atoms with Crippen LogP contribution in [-0.2, 0) is 17.8 Å². The van der Waals surface area contributed by atoms with E-state index in [0.717, 1.165) is 27.8 Å². The molecule has 3 heterocycles. The molecule has 4 rings (SSSR count). The van der Waals surface area contributed by atoms with E-state index in [-0.39, 0.29) is 20.6 Å². The first-order valence-electron chi connectivity index (χ1n) is 11.4. The lowest BCUT2D eigenvalue weighted by atomic mass is 10.1. The number of nitrogens with one attached hydrogen (secondary N) is 2. The van der Waals surface area contributed by atoms with Crippen molar-refractivity contribution in [1.82, 2.24) is 25.3 Å². The number of carbonyl (C=O) groups excluding carboxylic acids is 3. The van der Waals surface area contributed by atoms with Crippen LogP contribution in [0.2, 0.25) is 0 Å². The molecule has 0 saturated heterocycles. The quantitative estimate of drug-likeness (QED) is 0.549. The third-order valence-electron chi connectivity index (χ3n) is 6.15. The van der Waals surface area contributed by atoms with Crippen LogP contribution in [0, 0.1) is 0 Å². The Hall–Kier alpha value is -3.20. The lowest BCUT2D eigenvalue weighted by Gasteiger charge is -2.30. The molecule has 0 spiro atoms. The minimum Gasteiger partial charge on any atom is -0.340 e. The van der Waals surface area contributed by atoms with Gasteiger partial charge in [0.05, 0.1) is 16.6 Å². The SMILES string of the molecule is CC[C@@H](NC(=O)c1ccc2[nH]ncc2c1)C(=O)N1CCc2sc(C(=O)N(CC)CC)cc2C1.[HH].[HH]. The number of nitrogens with zero attached hydrogens (tertiary/aromatic N) is 3. The average molecular weight is 472 g/mol. The minimum absolute atomic E-state index is 0. The molecule has 9 heteroatoms. The van der Waals surface area contributed by atoms with Gasteiger partial charge in [-0.3, -0.25) is 19.5 Å². The van der Waals surface area contributed by atoms with E-state index < -0.39 is 6.04 Å². The first-order chi connectivity index (χ1) is 15.9. The maximum absolute atomic E-state index is 13.2. The van der Waals surface area contributed by atoms with Gasteiger partial charge in [0.2, 0.25) is 5.91 Å². The smallest absolute Gasteiger partial charge is 0.263 e. The second kappa shape index (κ2) is 9.74. The summed E-state index contributed by atoms with van der Waals surface area (Å²) in [5.74, 6) is -0.326. The number of aromatic nitrogens is 2. The van der Waals surface area contributed by atoms with Crippen LogP contribution in [0.15, 0.2) is 30.5 Å². The van der Waals surface area contributed by atoms with Crippen molar-refractivity contribution >= 4 is 40.0 Å². The number of carbonyl (C=O) groups is 3. The van der Waals surface area contributed by atoms with Gasteiger partial charge in [0.1, 0.15) is 6.04 Å². The zero-order valence-corrected chi connectivity index (χ0v) is 20.0. The molecule has 2 N–H and O–H groups in total. The van der Waals surface area contributed by atoms with Crippen molar-refractivity contribution < 1.29 is 17.2 Å². The van der Waals surface area contributed by atoms with Crippen LogP contribution in [0.1, 0.15) is 60.5 Å². The fourth-order valence-corrected chi connectivity index (χ4v) is 5.31. The molecule has 0 fully saturated rings. The van der Waals surface area contributed by atoms with Crippen molar-refractivity contribution in [3.8, 4) is 0 Å². The van der Waals surface area contributed by atoms with Gasteiger partial charge in [-0.25, -0.2) is 0 Å². The van der Waals surface area contributed by atoms with Gasteiger partial charge in [-0.15, -0.1) is 11.3 Å². The summed E-state index contributed by atoms with van der Waals surface area (Å²) in [5, 5.41) is 10.6. The molecule has 2 aromatic heterocycles. The lowest BCUT2D eigenvalue weighted by molar-refractivity contribution is -0.134. The Kier molecular flexibility index (Phi) is 6.78. The number of rotatable bonds is 7. The van der Waals surface area contributed by atoms with Gasteiger partial charge in [-0.05, 0) is 56.5 Å². The highest BCUT2D eigenvalue weighted by Crippen LogP contribution is 2.29. The Bertz CT molecular complexity index is 1190. The Morgan fingerprint density at radius 2 is 2.03 bits per heavy atom. The topological polar surface area (TPSA) is 98.4 Å². The molecule has 0 saturated carbocycles. The lowest BCUT2D eigenvalue weighted by Crippen LogP contribution is -2.49. The third kappa shape index (κ3) is 4.64. The van der Waals surface area contributed by atoms with Crippen molar-refractivity contribution in [2.24, 2.45) is 0 Å². The number of hydrogen-bond acceptors (Lipinski definition) is 5. The van der Waals surface area contributed by atoms with Crippen molar-refractivity contribution in [3.63, 3.8) is 0 Å². The summed E-state index contributed by atoms with van der Waals surface area (Å²) in [6.45, 7) is 8.23. The molecule has 0 radical (unpaired) electrons. The highest BCUT2D eigenvalue weighted by atomic mass is 32.1. The molecule has 0 aliphatic carbocycles. The summed E-state index contributed by atoms with van der Waals surface area (Å²) in [7, 11) is 0. The first-order valence-corrected chi connectivity index (χ1v) is 12.2. The highest BCUT2D eigenvalue weighted by molar-refractivity contribution is 7.14. The number of amides is 3. The molecule has 1 aliphatic rings. The Balaban J connectivity index is 0.00000216. The fraction of sp³-hybridized carbons (Fsp3) is 0.417. The number of benzene rings is 1. The summed E-state index contributed by atoms with van der Waals surface area (Å²) < 4.78 is 0. The van der Waals surface area contributed by atoms with E-state index in [9.17, 15) is 14.4 Å². The van der Waals surface area contributed by atoms with E-state index in [0.29, 0.717) is 38.2 Å². The van der Waals surface area contributed by atoms with E-state index in [2.05, 4.69) is 15.5 Å². The molecule has 33 heavy (non-hydrogen) atoms. The summed E-state index contributed by atoms with van der Waals surface area (Å²) in [6, 6.07) is 6.62. The number of thiophene rings is 1. The van der Waals surface area contributed by atoms with Gasteiger partial charge in [0, 0.05) is 44.9 Å². The first kappa shape index (κ1) is 23.0. The molecular weight excluding hydrogens is 438 g/mol. The van der Waals surface area contributed by atoms with Crippen molar-refractivity contribution in [2.75, 3.05) is 19.6 Å². The van der Waals surface area contributed by atoms with E-state index in [1.807, 2.05) is 31.7 Å². The molecule has 3 amide bonds. The normalized spacial score (nSPS) is 14.1. The molecule has 0 unspecified atom stereocenters. The van der Waals surface area contributed by atoms with E-state index in [4.69, 9.17) is 0 Å². The van der Waals surface area contributed by atoms with Gasteiger partial charge in [-0.2, -0.15) is 5.10 Å². The van der Waals surface area contributed by atoms with Gasteiger partial charge in [-0.1, -0.05) is 6.92 Å². The Morgan fingerprint density at radius 1 is 1.24 bits per heavy atom. The minimum atomic E-state index is -0.602. The van der Waals surface area contributed by atoms with Crippen LogP contribution in [0.25, 0.3) is 10.9 Å². The molecule has 8 nitrogen and oxygen atoms in total. The highest BCUT2D eigenvalue weighted by Gasteiger charge is 2.30. The average Bonchev–Trinajstić information content (AvgIpc) is 3.48. The van der Waals surface area contributed by atoms with Crippen LogP contribution in [0.3, 0.4) is 0 Å². The number of fused-ring (bicyclic) bond motifs is 2. The zero-order valence-electron chi connectivity index (χ0n) is 19.2. The van der Waals surface area contributed by atoms with Crippen molar-refractivity contribution in [1.29, 1.82) is 0 Å². The Labute approximate surface area is 199 Å². The second-order valence-corrected chi connectivity index (χ2v) is 9.29. The van der Waals surface area contributed by atoms with E-state index in [1.165, 1.54) is 16.2 Å². The standard InChI is InChI=1S/C24H29N5O3S.2H2/c1-4-18(26-22(30)15-7-8-19-16(11-15)13-25-27-19)23(31)29-10-9-20-17(14-29)12-21(33-20)24(32)28(5-2)6-3;;/h7-8,11-13,18H,4-6,9-10,14H2,1-3H3,(H,25,27)(H,26,30);2*1H/t18-;;/m1../s1. The molecule has 3 aromatic rings. The molecule has 1 atom stereocenters. The molecule has 178 valence electrons. The maximum Gasteiger partial charge on any atom is 0.263 e. The molecule has 1 aromatic carbocycles. The van der Waals surface area contributed by atoms with Crippen LogP contribution < -0.4 is 5.32 Å². The third-order valence-corrected chi connectivity index (χ3v) is 7.38. The zero-order chi connectivity index (χ0) is 23.5. The maximum atomic E-state index is 13.2. The van der Waals surface area contributed by atoms with E-state index >= 15 is 0 Å². The van der Waals surface area contributed by atoms with Gasteiger partial charge >= 0.3 is 0 Å². The fourth-order valence-electron chi connectivity index (χ4n) is 4.18. The number of hydrogen-bond donors (Lipinski definition) is 2. The van der Waals surface area contributed by atoms with Crippen LogP contribution in [0.4, 0.5) is 0 Å². The van der Waals surface area contributed by atoms with Gasteiger partial charge < -0.3 is 15.1 Å². The molecule has 0 bridgehead atoms. The van der Waals surface area contributed by atoms with Crippen LogP contribution in [0.5, 0.6) is 0 Å². The molecular formula is C24H33N5O3S. The van der Waals surface area contributed by atoms with Crippen LogP contribution in [-0.4, -0.2) is 63.4 Å². The predicted octanol–water partition coefficient (Wildman–Crippen LogP) is 3.69. The second-order valence-electron chi connectivity index (χ2n) is 8.15. The summed E-state index contributed by atoms with van der Waals surface area (Å²) in [5.41, 5.74) is 2.38. The summed E-state index contributed by atoms with van der Waals surface area (Å²) >= 11 is 1.53. The summed E-state index contributed by atoms with van der Waals surface area (Å²) in [6.07, 6.45) is 2.88. The van der Waals surface area contributed by atoms with Crippen molar-refractivity contribution in [3.05, 3.63) is 51.3 Å². The van der Waals surface area contributed by atoms with E-state index in [1.54, 1.807) is 29.3 Å². The number of H-pyrrole nitrogens is 1. The monoisotopic (exact) mass is 471 g/mol. The van der Waals surface area contributed by atoms with Crippen LogP contribution >= 0.6 is 11.3 Å². The predicted molar refractivity (Wildman–Crippen MR) is 133 cm³/mol. The van der Waals surface area contributed by atoms with Gasteiger partial charge in [0.15, 0.2) is 0 Å². The largest absolute Gasteiger partial charge is 0.340 e. The Morgan fingerprint density at radius 3 is 2.76 bits per heavy atom. The van der Waals surface area contributed by atoms with Crippen molar-refractivity contribution in [2.45, 2.75) is 46.2 Å². The summed E-state index contributed by atoms with van der Waals surface area (Å²) in [4.78, 5) is 44.3. The molecule has 1 aliphatic heterocycles. The number of aromatic amines is 1.